The van der Waals surface area contributed by atoms with E-state index < -0.39 is 0 Å². The number of benzene rings is 1. The number of aromatic nitrogens is 1. The van der Waals surface area contributed by atoms with Crippen LogP contribution in [-0.4, -0.2) is 24.0 Å². The van der Waals surface area contributed by atoms with Crippen molar-refractivity contribution >= 4 is 33.2 Å². The van der Waals surface area contributed by atoms with Gasteiger partial charge < -0.3 is 10.2 Å². The summed E-state index contributed by atoms with van der Waals surface area (Å²) in [6, 6.07) is 7.80. The Bertz CT molecular complexity index is 747. The van der Waals surface area contributed by atoms with E-state index in [0.717, 1.165) is 34.5 Å². The SMILES string of the molecule is Cc1ccc(NC(=O)c2cncc(N3CCCC(C)C3)c2)c(Br)c1. The number of aryl methyl sites for hydroxylation is 1. The number of hydrogen-bond donors (Lipinski definition) is 1. The van der Waals surface area contributed by atoms with Crippen molar-refractivity contribution in [3.63, 3.8) is 0 Å². The van der Waals surface area contributed by atoms with E-state index in [-0.39, 0.29) is 5.91 Å². The van der Waals surface area contributed by atoms with Crippen LogP contribution >= 0.6 is 15.9 Å². The van der Waals surface area contributed by atoms with E-state index in [0.29, 0.717) is 11.5 Å². The van der Waals surface area contributed by atoms with Gasteiger partial charge >= 0.3 is 0 Å². The smallest absolute Gasteiger partial charge is 0.257 e. The Morgan fingerprint density at radius 3 is 2.92 bits per heavy atom. The van der Waals surface area contributed by atoms with E-state index in [2.05, 4.69) is 38.1 Å². The topological polar surface area (TPSA) is 45.2 Å². The molecule has 1 fully saturated rings. The highest BCUT2D eigenvalue weighted by atomic mass is 79.9. The largest absolute Gasteiger partial charge is 0.370 e. The molecule has 1 saturated heterocycles. The normalized spacial score (nSPS) is 17.6. The van der Waals surface area contributed by atoms with Crippen LogP contribution in [0.1, 0.15) is 35.7 Å². The van der Waals surface area contributed by atoms with Crippen molar-refractivity contribution in [2.45, 2.75) is 26.7 Å². The summed E-state index contributed by atoms with van der Waals surface area (Å²) in [6.07, 6.45) is 5.92. The first-order chi connectivity index (χ1) is 11.5. The second-order valence-electron chi connectivity index (χ2n) is 6.56. The molecular weight excluding hydrogens is 366 g/mol. The molecule has 2 heterocycles. The zero-order chi connectivity index (χ0) is 17.1. The van der Waals surface area contributed by atoms with Crippen molar-refractivity contribution in [3.8, 4) is 0 Å². The second kappa shape index (κ2) is 7.34. The van der Waals surface area contributed by atoms with Crippen LogP contribution in [0.2, 0.25) is 0 Å². The minimum Gasteiger partial charge on any atom is -0.370 e. The zero-order valence-corrected chi connectivity index (χ0v) is 15.6. The molecule has 0 saturated carbocycles. The van der Waals surface area contributed by atoms with E-state index in [1.54, 1.807) is 6.20 Å². The van der Waals surface area contributed by atoms with E-state index in [1.807, 2.05) is 37.4 Å². The van der Waals surface area contributed by atoms with Gasteiger partial charge in [-0.2, -0.15) is 0 Å². The van der Waals surface area contributed by atoms with Gasteiger partial charge in [-0.25, -0.2) is 0 Å². The molecule has 1 aliphatic heterocycles. The second-order valence-corrected chi connectivity index (χ2v) is 7.42. The van der Waals surface area contributed by atoms with Gasteiger partial charge in [0.05, 0.1) is 23.1 Å². The number of carbonyl (C=O) groups is 1. The quantitative estimate of drug-likeness (QED) is 0.833. The Morgan fingerprint density at radius 2 is 2.17 bits per heavy atom. The predicted octanol–water partition coefficient (Wildman–Crippen LogP) is 4.64. The van der Waals surface area contributed by atoms with Gasteiger partial charge in [-0.15, -0.1) is 0 Å². The Morgan fingerprint density at radius 1 is 1.33 bits per heavy atom. The lowest BCUT2D eigenvalue weighted by Crippen LogP contribution is -2.34. The van der Waals surface area contributed by atoms with Gasteiger partial charge in [0, 0.05) is 23.8 Å². The van der Waals surface area contributed by atoms with Crippen LogP contribution < -0.4 is 10.2 Å². The fraction of sp³-hybridized carbons (Fsp3) is 0.368. The first-order valence-electron chi connectivity index (χ1n) is 8.30. The maximum Gasteiger partial charge on any atom is 0.257 e. The number of rotatable bonds is 3. The third kappa shape index (κ3) is 3.96. The third-order valence-electron chi connectivity index (χ3n) is 4.38. The first kappa shape index (κ1) is 17.0. The summed E-state index contributed by atoms with van der Waals surface area (Å²) in [4.78, 5) is 19.1. The molecule has 5 heteroatoms. The lowest BCUT2D eigenvalue weighted by atomic mass is 10.00. The third-order valence-corrected chi connectivity index (χ3v) is 5.04. The Labute approximate surface area is 151 Å². The van der Waals surface area contributed by atoms with Crippen LogP contribution in [0.15, 0.2) is 41.1 Å². The molecule has 126 valence electrons. The number of amides is 1. The molecule has 3 rings (SSSR count). The summed E-state index contributed by atoms with van der Waals surface area (Å²) >= 11 is 3.49. The summed E-state index contributed by atoms with van der Waals surface area (Å²) in [5.74, 6) is 0.540. The molecule has 1 amide bonds. The summed E-state index contributed by atoms with van der Waals surface area (Å²) < 4.78 is 0.879. The highest BCUT2D eigenvalue weighted by Crippen LogP contribution is 2.25. The molecule has 2 aromatic rings. The van der Waals surface area contributed by atoms with Crippen LogP contribution in [0.5, 0.6) is 0 Å². The summed E-state index contributed by atoms with van der Waals surface area (Å²) in [7, 11) is 0. The average Bonchev–Trinajstić information content (AvgIpc) is 2.57. The maximum atomic E-state index is 12.6. The molecule has 1 N–H and O–H groups in total. The Balaban J connectivity index is 1.76. The number of pyridine rings is 1. The first-order valence-corrected chi connectivity index (χ1v) is 9.10. The number of nitrogens with zero attached hydrogens (tertiary/aromatic N) is 2. The van der Waals surface area contributed by atoms with E-state index >= 15 is 0 Å². The number of carbonyl (C=O) groups excluding carboxylic acids is 1. The molecule has 0 radical (unpaired) electrons. The summed E-state index contributed by atoms with van der Waals surface area (Å²) in [6.45, 7) is 6.34. The van der Waals surface area contributed by atoms with Gasteiger partial charge in [0.25, 0.3) is 5.91 Å². The van der Waals surface area contributed by atoms with Crippen LogP contribution in [0.4, 0.5) is 11.4 Å². The van der Waals surface area contributed by atoms with Gasteiger partial charge in [0.1, 0.15) is 0 Å². The maximum absolute atomic E-state index is 12.6. The molecule has 1 unspecified atom stereocenters. The highest BCUT2D eigenvalue weighted by Gasteiger charge is 2.18. The number of piperidine rings is 1. The van der Waals surface area contributed by atoms with Crippen LogP contribution in [-0.2, 0) is 0 Å². The zero-order valence-electron chi connectivity index (χ0n) is 14.1. The van der Waals surface area contributed by atoms with Crippen LogP contribution in [0.3, 0.4) is 0 Å². The molecule has 0 spiro atoms. The molecule has 1 aliphatic rings. The number of anilines is 2. The fourth-order valence-corrected chi connectivity index (χ4v) is 3.66. The minimum atomic E-state index is -0.140. The highest BCUT2D eigenvalue weighted by molar-refractivity contribution is 9.10. The standard InChI is InChI=1S/C19H22BrN3O/c1-13-5-6-18(17(20)8-13)22-19(24)15-9-16(11-21-10-15)23-7-3-4-14(2)12-23/h5-6,8-11,14H,3-4,7,12H2,1-2H3,(H,22,24). The minimum absolute atomic E-state index is 0.140. The van der Waals surface area contributed by atoms with Crippen molar-refractivity contribution in [2.24, 2.45) is 5.92 Å². The molecular formula is C19H22BrN3O. The fourth-order valence-electron chi connectivity index (χ4n) is 3.06. The van der Waals surface area contributed by atoms with Crippen molar-refractivity contribution in [2.75, 3.05) is 23.3 Å². The molecule has 4 nitrogen and oxygen atoms in total. The number of halogens is 1. The molecule has 0 aliphatic carbocycles. The van der Waals surface area contributed by atoms with Gasteiger partial charge in [0.2, 0.25) is 0 Å². The summed E-state index contributed by atoms with van der Waals surface area (Å²) in [5, 5.41) is 2.95. The Kier molecular flexibility index (Phi) is 5.19. The van der Waals surface area contributed by atoms with Gasteiger partial charge in [-0.05, 0) is 65.4 Å². The van der Waals surface area contributed by atoms with E-state index in [1.165, 1.54) is 12.8 Å². The average molecular weight is 388 g/mol. The molecule has 1 atom stereocenters. The molecule has 24 heavy (non-hydrogen) atoms. The monoisotopic (exact) mass is 387 g/mol. The van der Waals surface area contributed by atoms with Crippen molar-refractivity contribution < 1.29 is 4.79 Å². The van der Waals surface area contributed by atoms with Crippen molar-refractivity contribution in [1.82, 2.24) is 4.98 Å². The van der Waals surface area contributed by atoms with E-state index in [4.69, 9.17) is 0 Å². The lowest BCUT2D eigenvalue weighted by Gasteiger charge is -2.32. The molecule has 0 bridgehead atoms. The Hall–Kier alpha value is -1.88. The van der Waals surface area contributed by atoms with Crippen molar-refractivity contribution in [1.29, 1.82) is 0 Å². The number of nitrogens with one attached hydrogen (secondary N) is 1. The van der Waals surface area contributed by atoms with Gasteiger partial charge in [-0.1, -0.05) is 13.0 Å². The van der Waals surface area contributed by atoms with Gasteiger partial charge in [-0.3, -0.25) is 9.78 Å². The molecule has 1 aromatic heterocycles. The van der Waals surface area contributed by atoms with Crippen LogP contribution in [0.25, 0.3) is 0 Å². The lowest BCUT2D eigenvalue weighted by molar-refractivity contribution is 0.102. The van der Waals surface area contributed by atoms with E-state index in [9.17, 15) is 4.79 Å². The van der Waals surface area contributed by atoms with Crippen molar-refractivity contribution in [3.05, 3.63) is 52.3 Å². The predicted molar refractivity (Wildman–Crippen MR) is 102 cm³/mol. The molecule has 1 aromatic carbocycles. The van der Waals surface area contributed by atoms with Crippen LogP contribution in [0, 0.1) is 12.8 Å². The number of hydrogen-bond acceptors (Lipinski definition) is 3. The van der Waals surface area contributed by atoms with Gasteiger partial charge in [0.15, 0.2) is 0 Å². The summed E-state index contributed by atoms with van der Waals surface area (Å²) in [5.41, 5.74) is 3.51.